The Labute approximate surface area is 197 Å². The maximum absolute atomic E-state index is 14.8. The molecule has 0 aliphatic heterocycles. The van der Waals surface area contributed by atoms with E-state index in [9.17, 15) is 17.6 Å². The van der Waals surface area contributed by atoms with Gasteiger partial charge in [-0.25, -0.2) is 17.6 Å². The average molecular weight is 470 g/mol. The second kappa shape index (κ2) is 10.5. The quantitative estimate of drug-likeness (QED) is 0.388. The van der Waals surface area contributed by atoms with Gasteiger partial charge in [0.2, 0.25) is 0 Å². The van der Waals surface area contributed by atoms with E-state index in [4.69, 9.17) is 4.74 Å². The van der Waals surface area contributed by atoms with E-state index in [1.807, 2.05) is 18.2 Å². The fourth-order valence-electron chi connectivity index (χ4n) is 4.59. The number of allylic oxidation sites excluding steroid dienone is 5. The van der Waals surface area contributed by atoms with Crippen LogP contribution in [0.4, 0.5) is 17.6 Å². The van der Waals surface area contributed by atoms with Crippen LogP contribution in [0.15, 0.2) is 72.5 Å². The third-order valence-electron chi connectivity index (χ3n) is 6.68. The highest BCUT2D eigenvalue weighted by Crippen LogP contribution is 2.40. The maximum atomic E-state index is 14.8. The molecular formula is C28H27F4NO. The molecule has 0 saturated heterocycles. The number of aryl methyl sites for hydroxylation is 1. The molecule has 1 aromatic carbocycles. The van der Waals surface area contributed by atoms with E-state index in [1.165, 1.54) is 7.11 Å². The molecule has 2 aliphatic rings. The second-order valence-corrected chi connectivity index (χ2v) is 8.73. The van der Waals surface area contributed by atoms with Crippen LogP contribution in [0.3, 0.4) is 0 Å². The van der Waals surface area contributed by atoms with Gasteiger partial charge in [0.25, 0.3) is 0 Å². The standard InChI is InChI=1S/C28H27F4NO/c1-3-17-7-14-23(33-16-17)22-12-11-20(25(29)27(22)31)10-6-18-4-8-19(9-5-18)21-13-15-24(34-2)28(32)26(21)30/h3-4,7-9,11-12,14,16,18,21,24H,1,5-6,10,13,15H2,2H3. The van der Waals surface area contributed by atoms with Crippen molar-refractivity contribution < 1.29 is 22.3 Å². The van der Waals surface area contributed by atoms with E-state index >= 15 is 0 Å². The van der Waals surface area contributed by atoms with Crippen molar-refractivity contribution in [1.29, 1.82) is 0 Å². The van der Waals surface area contributed by atoms with E-state index < -0.39 is 35.3 Å². The highest BCUT2D eigenvalue weighted by Gasteiger charge is 2.33. The molecule has 2 aromatic rings. The summed E-state index contributed by atoms with van der Waals surface area (Å²) in [6.45, 7) is 3.65. The van der Waals surface area contributed by atoms with Gasteiger partial charge in [-0.3, -0.25) is 4.98 Å². The normalized spacial score (nSPS) is 22.6. The number of methoxy groups -OCH3 is 1. The van der Waals surface area contributed by atoms with E-state index in [-0.39, 0.29) is 11.5 Å². The zero-order valence-corrected chi connectivity index (χ0v) is 19.0. The van der Waals surface area contributed by atoms with Gasteiger partial charge in [-0.15, -0.1) is 0 Å². The molecular weight excluding hydrogens is 442 g/mol. The van der Waals surface area contributed by atoms with E-state index in [0.29, 0.717) is 43.4 Å². The van der Waals surface area contributed by atoms with Crippen LogP contribution >= 0.6 is 0 Å². The average Bonchev–Trinajstić information content (AvgIpc) is 2.87. The first-order valence-electron chi connectivity index (χ1n) is 11.4. The fourth-order valence-corrected chi connectivity index (χ4v) is 4.59. The number of benzene rings is 1. The molecule has 0 fully saturated rings. The summed E-state index contributed by atoms with van der Waals surface area (Å²) in [5.41, 5.74) is 2.34. The van der Waals surface area contributed by atoms with Gasteiger partial charge >= 0.3 is 0 Å². The van der Waals surface area contributed by atoms with E-state index in [1.54, 1.807) is 36.5 Å². The monoisotopic (exact) mass is 469 g/mol. The van der Waals surface area contributed by atoms with Crippen LogP contribution in [-0.4, -0.2) is 18.2 Å². The highest BCUT2D eigenvalue weighted by atomic mass is 19.2. The van der Waals surface area contributed by atoms with Gasteiger partial charge in [-0.1, -0.05) is 43.0 Å². The van der Waals surface area contributed by atoms with E-state index in [2.05, 4.69) is 11.6 Å². The minimum atomic E-state index is -0.909. The van der Waals surface area contributed by atoms with Crippen LogP contribution in [0.5, 0.6) is 0 Å². The van der Waals surface area contributed by atoms with Crippen molar-refractivity contribution in [3.05, 3.63) is 95.3 Å². The molecule has 0 radical (unpaired) electrons. The molecule has 34 heavy (non-hydrogen) atoms. The van der Waals surface area contributed by atoms with Crippen LogP contribution in [0.1, 0.15) is 36.8 Å². The van der Waals surface area contributed by atoms with Gasteiger partial charge in [0.1, 0.15) is 11.9 Å². The molecule has 178 valence electrons. The molecule has 1 heterocycles. The Morgan fingerprint density at radius 1 is 1.06 bits per heavy atom. The molecule has 3 unspecified atom stereocenters. The highest BCUT2D eigenvalue weighted by molar-refractivity contribution is 5.62. The predicted molar refractivity (Wildman–Crippen MR) is 126 cm³/mol. The Morgan fingerprint density at radius 3 is 2.53 bits per heavy atom. The topological polar surface area (TPSA) is 22.1 Å². The Morgan fingerprint density at radius 2 is 1.88 bits per heavy atom. The lowest BCUT2D eigenvalue weighted by molar-refractivity contribution is 0.0852. The summed E-state index contributed by atoms with van der Waals surface area (Å²) < 4.78 is 63.1. The van der Waals surface area contributed by atoms with Gasteiger partial charge < -0.3 is 4.74 Å². The summed E-state index contributed by atoms with van der Waals surface area (Å²) >= 11 is 0. The van der Waals surface area contributed by atoms with Crippen LogP contribution in [0.2, 0.25) is 0 Å². The van der Waals surface area contributed by atoms with Crippen LogP contribution < -0.4 is 0 Å². The van der Waals surface area contributed by atoms with Crippen LogP contribution in [-0.2, 0) is 11.2 Å². The van der Waals surface area contributed by atoms with Crippen molar-refractivity contribution >= 4 is 6.08 Å². The number of nitrogens with zero attached hydrogens (tertiary/aromatic N) is 1. The lowest BCUT2D eigenvalue weighted by atomic mass is 9.81. The lowest BCUT2D eigenvalue weighted by Crippen LogP contribution is -2.23. The van der Waals surface area contributed by atoms with Gasteiger partial charge in [0.15, 0.2) is 17.5 Å². The fraction of sp³-hybridized carbons (Fsp3) is 0.321. The summed E-state index contributed by atoms with van der Waals surface area (Å²) in [6.07, 6.45) is 10.6. The predicted octanol–water partition coefficient (Wildman–Crippen LogP) is 7.68. The molecule has 1 aromatic heterocycles. The number of hydrogen-bond donors (Lipinski definition) is 0. The number of hydrogen-bond acceptors (Lipinski definition) is 2. The SMILES string of the molecule is C=Cc1ccc(-c2ccc(CCC3C=CC(C4CCC(OC)C(F)=C4F)=CC3)c(F)c2F)nc1. The van der Waals surface area contributed by atoms with E-state index in [0.717, 1.165) is 11.1 Å². The van der Waals surface area contributed by atoms with Crippen molar-refractivity contribution in [3.63, 3.8) is 0 Å². The molecule has 0 amide bonds. The minimum Gasteiger partial charge on any atom is -0.374 e. The molecule has 0 spiro atoms. The Kier molecular flexibility index (Phi) is 7.47. The summed E-state index contributed by atoms with van der Waals surface area (Å²) in [6, 6.07) is 6.54. The first-order chi connectivity index (χ1) is 16.4. The third kappa shape index (κ3) is 4.92. The largest absolute Gasteiger partial charge is 0.374 e. The first kappa shape index (κ1) is 24.1. The Hall–Kier alpha value is -2.99. The van der Waals surface area contributed by atoms with Gasteiger partial charge in [0.05, 0.1) is 5.69 Å². The molecule has 0 saturated carbocycles. The lowest BCUT2D eigenvalue weighted by Gasteiger charge is -2.28. The molecule has 0 N–H and O–H groups in total. The van der Waals surface area contributed by atoms with Gasteiger partial charge in [-0.2, -0.15) is 0 Å². The smallest absolute Gasteiger partial charge is 0.168 e. The molecule has 4 rings (SSSR count). The summed E-state index contributed by atoms with van der Waals surface area (Å²) in [7, 11) is 1.38. The van der Waals surface area contributed by atoms with Crippen molar-refractivity contribution in [2.75, 3.05) is 7.11 Å². The van der Waals surface area contributed by atoms with Gasteiger partial charge in [-0.05, 0) is 66.9 Å². The molecule has 2 nitrogen and oxygen atoms in total. The van der Waals surface area contributed by atoms with Crippen molar-refractivity contribution in [1.82, 2.24) is 4.98 Å². The molecule has 3 atom stereocenters. The van der Waals surface area contributed by atoms with Crippen LogP contribution in [0, 0.1) is 23.5 Å². The second-order valence-electron chi connectivity index (χ2n) is 8.73. The van der Waals surface area contributed by atoms with Crippen molar-refractivity contribution in [2.24, 2.45) is 11.8 Å². The number of ether oxygens (including phenoxy) is 1. The molecule has 6 heteroatoms. The molecule has 2 aliphatic carbocycles. The van der Waals surface area contributed by atoms with Crippen molar-refractivity contribution in [2.45, 2.75) is 38.2 Å². The number of rotatable bonds is 7. The maximum Gasteiger partial charge on any atom is 0.168 e. The van der Waals surface area contributed by atoms with Crippen molar-refractivity contribution in [3.8, 4) is 11.3 Å². The summed E-state index contributed by atoms with van der Waals surface area (Å²) in [4.78, 5) is 4.18. The zero-order chi connectivity index (χ0) is 24.2. The summed E-state index contributed by atoms with van der Waals surface area (Å²) in [5.74, 6) is -3.81. The molecule has 0 bridgehead atoms. The number of aromatic nitrogens is 1. The Bertz CT molecular complexity index is 1150. The summed E-state index contributed by atoms with van der Waals surface area (Å²) in [5, 5.41) is 0. The zero-order valence-electron chi connectivity index (χ0n) is 19.0. The van der Waals surface area contributed by atoms with Gasteiger partial charge in [0, 0.05) is 24.8 Å². The van der Waals surface area contributed by atoms with Crippen LogP contribution in [0.25, 0.3) is 17.3 Å². The number of halogens is 4. The Balaban J connectivity index is 1.39. The third-order valence-corrected chi connectivity index (χ3v) is 6.68. The number of pyridine rings is 1. The first-order valence-corrected chi connectivity index (χ1v) is 11.4. The minimum absolute atomic E-state index is 0.117.